The van der Waals surface area contributed by atoms with Gasteiger partial charge in [0.1, 0.15) is 17.1 Å². The Balaban J connectivity index is 1.45. The molecule has 164 valence electrons. The van der Waals surface area contributed by atoms with Crippen molar-refractivity contribution in [2.75, 3.05) is 19.4 Å². The highest BCUT2D eigenvalue weighted by atomic mass is 32.2. The highest BCUT2D eigenvalue weighted by Gasteiger charge is 2.54. The number of amides is 3. The lowest BCUT2D eigenvalue weighted by atomic mass is 10.0. The van der Waals surface area contributed by atoms with Crippen LogP contribution < -0.4 is 5.32 Å². The summed E-state index contributed by atoms with van der Waals surface area (Å²) in [5.41, 5.74) is 0.729. The number of thioether (sulfide) groups is 2. The Kier molecular flexibility index (Phi) is 6.26. The molecule has 2 fully saturated rings. The van der Waals surface area contributed by atoms with E-state index in [0.717, 1.165) is 5.56 Å². The van der Waals surface area contributed by atoms with Gasteiger partial charge in [-0.2, -0.15) is 0 Å². The SMILES string of the molecule is CON1CCC(SC2=C(C(=O)O)N3C(=O)[C@@H](NC(=O)Cc4ccccc4)[C@H]3SC2)C1=O. The van der Waals surface area contributed by atoms with Crippen LogP contribution in [-0.4, -0.2) is 74.8 Å². The summed E-state index contributed by atoms with van der Waals surface area (Å²) in [6, 6.07) is 8.41. The highest BCUT2D eigenvalue weighted by molar-refractivity contribution is 8.07. The molecule has 1 aromatic carbocycles. The topological polar surface area (TPSA) is 116 Å². The summed E-state index contributed by atoms with van der Waals surface area (Å²) in [6.07, 6.45) is 0.679. The lowest BCUT2D eigenvalue weighted by Gasteiger charge is -2.49. The average Bonchev–Trinajstić information content (AvgIpc) is 3.11. The predicted molar refractivity (Wildman–Crippen MR) is 115 cm³/mol. The maximum absolute atomic E-state index is 12.7. The van der Waals surface area contributed by atoms with Gasteiger partial charge in [0, 0.05) is 10.7 Å². The number of rotatable bonds is 7. The first-order valence-electron chi connectivity index (χ1n) is 9.67. The van der Waals surface area contributed by atoms with E-state index in [1.807, 2.05) is 30.3 Å². The molecule has 2 saturated heterocycles. The zero-order valence-electron chi connectivity index (χ0n) is 16.6. The molecule has 0 spiro atoms. The second-order valence-corrected chi connectivity index (χ2v) is 9.61. The Morgan fingerprint density at radius 2 is 2.00 bits per heavy atom. The van der Waals surface area contributed by atoms with Crippen LogP contribution in [0.5, 0.6) is 0 Å². The molecule has 4 rings (SSSR count). The third-order valence-corrected chi connectivity index (χ3v) is 8.09. The minimum Gasteiger partial charge on any atom is -0.477 e. The van der Waals surface area contributed by atoms with Gasteiger partial charge in [-0.15, -0.1) is 23.5 Å². The molecule has 0 bridgehead atoms. The minimum atomic E-state index is -1.22. The summed E-state index contributed by atoms with van der Waals surface area (Å²) < 4.78 is 0. The molecular weight excluding hydrogens is 442 g/mol. The van der Waals surface area contributed by atoms with E-state index < -0.39 is 28.5 Å². The van der Waals surface area contributed by atoms with E-state index in [1.165, 1.54) is 40.6 Å². The van der Waals surface area contributed by atoms with Crippen molar-refractivity contribution in [3.05, 3.63) is 46.5 Å². The summed E-state index contributed by atoms with van der Waals surface area (Å²) in [5.74, 6) is -1.82. The number of nitrogens with zero attached hydrogens (tertiary/aromatic N) is 2. The minimum absolute atomic E-state index is 0.101. The fourth-order valence-corrected chi connectivity index (χ4v) is 6.53. The maximum atomic E-state index is 12.7. The summed E-state index contributed by atoms with van der Waals surface area (Å²) >= 11 is 2.56. The number of β-lactam (4-membered cyclic amide) rings is 1. The number of carboxylic acids is 1. The van der Waals surface area contributed by atoms with Crippen LogP contribution in [0.4, 0.5) is 0 Å². The molecule has 11 heteroatoms. The second kappa shape index (κ2) is 8.93. The Morgan fingerprint density at radius 3 is 2.65 bits per heavy atom. The molecule has 3 heterocycles. The van der Waals surface area contributed by atoms with E-state index in [-0.39, 0.29) is 23.9 Å². The van der Waals surface area contributed by atoms with Gasteiger partial charge in [-0.25, -0.2) is 9.86 Å². The normalized spacial score (nSPS) is 25.4. The van der Waals surface area contributed by atoms with Gasteiger partial charge < -0.3 is 10.4 Å². The number of carbonyl (C=O) groups is 4. The fraction of sp³-hybridized carbons (Fsp3) is 0.400. The quantitative estimate of drug-likeness (QED) is 0.571. The van der Waals surface area contributed by atoms with Crippen molar-refractivity contribution in [1.29, 1.82) is 0 Å². The Hall–Kier alpha value is -2.50. The molecule has 1 unspecified atom stereocenters. The third-order valence-electron chi connectivity index (χ3n) is 5.28. The van der Waals surface area contributed by atoms with Crippen LogP contribution in [0.2, 0.25) is 0 Å². The van der Waals surface area contributed by atoms with Crippen molar-refractivity contribution < 1.29 is 29.1 Å². The Labute approximate surface area is 187 Å². The first kappa shape index (κ1) is 21.7. The van der Waals surface area contributed by atoms with Gasteiger partial charge in [-0.3, -0.25) is 24.1 Å². The monoisotopic (exact) mass is 463 g/mol. The highest BCUT2D eigenvalue weighted by Crippen LogP contribution is 2.45. The first-order chi connectivity index (χ1) is 14.9. The number of hydrogen-bond donors (Lipinski definition) is 2. The third kappa shape index (κ3) is 4.17. The van der Waals surface area contributed by atoms with Crippen molar-refractivity contribution >= 4 is 47.2 Å². The molecule has 0 aliphatic carbocycles. The Bertz CT molecular complexity index is 953. The number of aliphatic carboxylic acids is 1. The van der Waals surface area contributed by atoms with Crippen molar-refractivity contribution in [1.82, 2.24) is 15.3 Å². The van der Waals surface area contributed by atoms with Crippen molar-refractivity contribution in [2.24, 2.45) is 0 Å². The summed E-state index contributed by atoms with van der Waals surface area (Å²) in [6.45, 7) is 0.441. The van der Waals surface area contributed by atoms with Crippen LogP contribution in [0.25, 0.3) is 0 Å². The first-order valence-corrected chi connectivity index (χ1v) is 11.6. The smallest absolute Gasteiger partial charge is 0.353 e. The zero-order chi connectivity index (χ0) is 22.1. The summed E-state index contributed by atoms with van der Waals surface area (Å²) in [5, 5.41) is 12.8. The van der Waals surface area contributed by atoms with Crippen LogP contribution in [0.15, 0.2) is 40.9 Å². The van der Waals surface area contributed by atoms with Crippen LogP contribution in [0.1, 0.15) is 12.0 Å². The van der Waals surface area contributed by atoms with Crippen LogP contribution in [0.3, 0.4) is 0 Å². The van der Waals surface area contributed by atoms with E-state index in [0.29, 0.717) is 23.6 Å². The standard InChI is InChI=1S/C20H21N3O6S2/c1-29-22-8-7-12(17(22)25)31-13-10-30-19-15(18(26)23(19)16(13)20(27)28)21-14(24)9-11-5-3-2-4-6-11/h2-6,12,15,19H,7-10H2,1H3,(H,21,24)(H,27,28)/t12?,15-,19-/m1/s1. The van der Waals surface area contributed by atoms with Gasteiger partial charge in [-0.1, -0.05) is 30.3 Å². The zero-order valence-corrected chi connectivity index (χ0v) is 18.3. The fourth-order valence-electron chi connectivity index (χ4n) is 3.78. The van der Waals surface area contributed by atoms with E-state index in [9.17, 15) is 24.3 Å². The van der Waals surface area contributed by atoms with Crippen molar-refractivity contribution in [3.63, 3.8) is 0 Å². The summed E-state index contributed by atoms with van der Waals surface area (Å²) in [4.78, 5) is 56.1. The van der Waals surface area contributed by atoms with E-state index in [2.05, 4.69) is 5.32 Å². The van der Waals surface area contributed by atoms with Gasteiger partial charge in [0.2, 0.25) is 5.91 Å². The predicted octanol–water partition coefficient (Wildman–Crippen LogP) is 0.821. The summed E-state index contributed by atoms with van der Waals surface area (Å²) in [7, 11) is 1.42. The molecule has 0 aromatic heterocycles. The number of fused-ring (bicyclic) bond motifs is 1. The molecule has 2 N–H and O–H groups in total. The van der Waals surface area contributed by atoms with Gasteiger partial charge >= 0.3 is 5.97 Å². The molecular formula is C20H21N3O6S2. The molecule has 3 aliphatic heterocycles. The molecule has 3 amide bonds. The van der Waals surface area contributed by atoms with E-state index in [1.54, 1.807) is 0 Å². The largest absolute Gasteiger partial charge is 0.477 e. The van der Waals surface area contributed by atoms with Crippen molar-refractivity contribution in [2.45, 2.75) is 29.5 Å². The Morgan fingerprint density at radius 1 is 1.26 bits per heavy atom. The number of hydrogen-bond acceptors (Lipinski definition) is 7. The van der Waals surface area contributed by atoms with Crippen LogP contribution in [0, 0.1) is 0 Å². The van der Waals surface area contributed by atoms with E-state index >= 15 is 0 Å². The van der Waals surface area contributed by atoms with Crippen LogP contribution in [-0.2, 0) is 30.4 Å². The molecule has 9 nitrogen and oxygen atoms in total. The lowest BCUT2D eigenvalue weighted by Crippen LogP contribution is -2.70. The number of nitrogens with one attached hydrogen (secondary N) is 1. The van der Waals surface area contributed by atoms with Gasteiger partial charge in [-0.05, 0) is 12.0 Å². The van der Waals surface area contributed by atoms with Gasteiger partial charge in [0.25, 0.3) is 11.8 Å². The second-order valence-electron chi connectivity index (χ2n) is 7.21. The number of benzene rings is 1. The molecule has 3 aliphatic rings. The molecule has 0 radical (unpaired) electrons. The average molecular weight is 464 g/mol. The lowest BCUT2D eigenvalue weighted by molar-refractivity contribution is -0.166. The van der Waals surface area contributed by atoms with Crippen molar-refractivity contribution in [3.8, 4) is 0 Å². The number of hydroxylamine groups is 2. The van der Waals surface area contributed by atoms with Gasteiger partial charge in [0.15, 0.2) is 0 Å². The number of carbonyl (C=O) groups excluding carboxylic acids is 3. The molecule has 31 heavy (non-hydrogen) atoms. The maximum Gasteiger partial charge on any atom is 0.353 e. The van der Waals surface area contributed by atoms with Crippen LogP contribution >= 0.6 is 23.5 Å². The van der Waals surface area contributed by atoms with E-state index in [4.69, 9.17) is 4.84 Å². The van der Waals surface area contributed by atoms with Gasteiger partial charge in [0.05, 0.1) is 25.3 Å². The molecule has 3 atom stereocenters. The molecule has 0 saturated carbocycles. The molecule has 1 aromatic rings. The number of carboxylic acid groups (broad SMARTS) is 1.